The van der Waals surface area contributed by atoms with Crippen LogP contribution in [0, 0.1) is 6.92 Å². The minimum Gasteiger partial charge on any atom is -0.354 e. The highest BCUT2D eigenvalue weighted by Gasteiger charge is 2.10. The number of aryl methyl sites for hydroxylation is 1. The number of nitrogens with zero attached hydrogens (tertiary/aromatic N) is 2. The summed E-state index contributed by atoms with van der Waals surface area (Å²) in [5.41, 5.74) is 2.42. The van der Waals surface area contributed by atoms with E-state index < -0.39 is 0 Å². The number of rotatable bonds is 3. The van der Waals surface area contributed by atoms with Crippen molar-refractivity contribution in [1.82, 2.24) is 5.32 Å². The average Bonchev–Trinajstić information content (AvgIpc) is 2.27. The normalized spacial score (nSPS) is 12.1. The molecule has 1 aromatic carbocycles. The van der Waals surface area contributed by atoms with Crippen molar-refractivity contribution >= 4 is 11.6 Å². The number of guanidine groups is 1. The Morgan fingerprint density at radius 1 is 1.11 bits per heavy atom. The molecule has 1 aromatic rings. The molecule has 0 saturated carbocycles. The van der Waals surface area contributed by atoms with Crippen molar-refractivity contribution < 1.29 is 0 Å². The molecule has 0 aliphatic heterocycles. The zero-order valence-corrected chi connectivity index (χ0v) is 12.4. The second-order valence-corrected chi connectivity index (χ2v) is 5.24. The van der Waals surface area contributed by atoms with Gasteiger partial charge in [0.2, 0.25) is 0 Å². The van der Waals surface area contributed by atoms with Gasteiger partial charge in [0, 0.05) is 24.8 Å². The van der Waals surface area contributed by atoms with Gasteiger partial charge in [-0.15, -0.1) is 0 Å². The third kappa shape index (κ3) is 4.40. The molecule has 0 saturated heterocycles. The Morgan fingerprint density at radius 2 is 1.67 bits per heavy atom. The van der Waals surface area contributed by atoms with E-state index in [1.807, 2.05) is 7.05 Å². The van der Waals surface area contributed by atoms with Gasteiger partial charge in [-0.1, -0.05) is 17.7 Å². The van der Waals surface area contributed by atoms with E-state index in [1.54, 1.807) is 0 Å². The van der Waals surface area contributed by atoms with Gasteiger partial charge in [-0.25, -0.2) is 0 Å². The van der Waals surface area contributed by atoms with Crippen molar-refractivity contribution in [2.75, 3.05) is 11.9 Å². The maximum atomic E-state index is 4.65. The Bertz CT molecular complexity index is 391. The van der Waals surface area contributed by atoms with E-state index >= 15 is 0 Å². The number of anilines is 1. The first kappa shape index (κ1) is 14.6. The zero-order chi connectivity index (χ0) is 13.7. The molecule has 100 valence electrons. The van der Waals surface area contributed by atoms with Crippen molar-refractivity contribution in [2.24, 2.45) is 4.99 Å². The molecule has 1 rings (SSSR count). The van der Waals surface area contributed by atoms with E-state index in [0.717, 1.165) is 11.6 Å². The second-order valence-electron chi connectivity index (χ2n) is 5.24. The Balaban J connectivity index is 2.94. The molecule has 0 aliphatic rings. The van der Waals surface area contributed by atoms with Gasteiger partial charge >= 0.3 is 0 Å². The van der Waals surface area contributed by atoms with E-state index in [4.69, 9.17) is 0 Å². The summed E-state index contributed by atoms with van der Waals surface area (Å²) >= 11 is 0. The molecule has 1 N–H and O–H groups in total. The fourth-order valence-corrected chi connectivity index (χ4v) is 1.61. The largest absolute Gasteiger partial charge is 0.354 e. The molecule has 0 heterocycles. The second kappa shape index (κ2) is 6.43. The van der Waals surface area contributed by atoms with Crippen LogP contribution in [0.4, 0.5) is 5.69 Å². The molecule has 0 atom stereocenters. The van der Waals surface area contributed by atoms with E-state index in [0.29, 0.717) is 6.04 Å². The molecular formula is C15H25N3. The quantitative estimate of drug-likeness (QED) is 0.656. The van der Waals surface area contributed by atoms with E-state index in [9.17, 15) is 0 Å². The standard InChI is InChI=1S/C15H25N3/c1-11(2)16-15(17-12(3)4)18(6)14-9-7-13(5)8-10-14/h7-12H,1-6H3,(H,16,17). The third-order valence-corrected chi connectivity index (χ3v) is 2.54. The maximum Gasteiger partial charge on any atom is 0.198 e. The number of nitrogens with one attached hydrogen (secondary N) is 1. The van der Waals surface area contributed by atoms with Gasteiger partial charge in [0.15, 0.2) is 5.96 Å². The van der Waals surface area contributed by atoms with E-state index in [-0.39, 0.29) is 6.04 Å². The van der Waals surface area contributed by atoms with Crippen LogP contribution >= 0.6 is 0 Å². The predicted octanol–water partition coefficient (Wildman–Crippen LogP) is 3.19. The van der Waals surface area contributed by atoms with Crippen LogP contribution in [0.5, 0.6) is 0 Å². The van der Waals surface area contributed by atoms with Crippen molar-refractivity contribution in [3.05, 3.63) is 29.8 Å². The van der Waals surface area contributed by atoms with Crippen LogP contribution in [0.3, 0.4) is 0 Å². The average molecular weight is 247 g/mol. The highest BCUT2D eigenvalue weighted by Crippen LogP contribution is 2.14. The van der Waals surface area contributed by atoms with Crippen molar-refractivity contribution in [3.63, 3.8) is 0 Å². The molecule has 0 radical (unpaired) electrons. The predicted molar refractivity (Wildman–Crippen MR) is 80.4 cm³/mol. The number of benzene rings is 1. The zero-order valence-electron chi connectivity index (χ0n) is 12.4. The molecule has 0 aromatic heterocycles. The lowest BCUT2D eigenvalue weighted by Gasteiger charge is -2.25. The molecule has 0 spiro atoms. The van der Waals surface area contributed by atoms with Crippen LogP contribution in [-0.4, -0.2) is 25.1 Å². The first-order chi connectivity index (χ1) is 8.40. The summed E-state index contributed by atoms with van der Waals surface area (Å²) in [6.07, 6.45) is 0. The summed E-state index contributed by atoms with van der Waals surface area (Å²) in [6, 6.07) is 9.12. The number of aliphatic imine (C=N–C) groups is 1. The number of hydrogen-bond donors (Lipinski definition) is 1. The maximum absolute atomic E-state index is 4.65. The van der Waals surface area contributed by atoms with Crippen LogP contribution in [0.25, 0.3) is 0 Å². The molecule has 0 bridgehead atoms. The minimum absolute atomic E-state index is 0.277. The molecular weight excluding hydrogens is 222 g/mol. The molecule has 3 nitrogen and oxygen atoms in total. The first-order valence-electron chi connectivity index (χ1n) is 6.55. The first-order valence-corrected chi connectivity index (χ1v) is 6.55. The van der Waals surface area contributed by atoms with Crippen LogP contribution in [0.1, 0.15) is 33.3 Å². The fourth-order valence-electron chi connectivity index (χ4n) is 1.61. The van der Waals surface area contributed by atoms with Gasteiger partial charge in [-0.05, 0) is 46.8 Å². The van der Waals surface area contributed by atoms with Crippen LogP contribution in [0.2, 0.25) is 0 Å². The highest BCUT2D eigenvalue weighted by atomic mass is 15.3. The summed E-state index contributed by atoms with van der Waals surface area (Å²) in [7, 11) is 2.04. The lowest BCUT2D eigenvalue weighted by molar-refractivity contribution is 0.708. The van der Waals surface area contributed by atoms with Gasteiger partial charge in [0.1, 0.15) is 0 Å². The van der Waals surface area contributed by atoms with Gasteiger partial charge in [-0.3, -0.25) is 4.99 Å². The Hall–Kier alpha value is -1.51. The van der Waals surface area contributed by atoms with Crippen LogP contribution < -0.4 is 10.2 Å². The van der Waals surface area contributed by atoms with Crippen LogP contribution in [-0.2, 0) is 0 Å². The molecule has 0 amide bonds. The lowest BCUT2D eigenvalue weighted by Crippen LogP contribution is -2.43. The van der Waals surface area contributed by atoms with Gasteiger partial charge in [0.25, 0.3) is 0 Å². The molecule has 0 fully saturated rings. The smallest absolute Gasteiger partial charge is 0.198 e. The van der Waals surface area contributed by atoms with Crippen molar-refractivity contribution in [2.45, 2.75) is 46.7 Å². The topological polar surface area (TPSA) is 27.6 Å². The highest BCUT2D eigenvalue weighted by molar-refractivity contribution is 5.95. The van der Waals surface area contributed by atoms with E-state index in [2.05, 4.69) is 74.1 Å². The summed E-state index contributed by atoms with van der Waals surface area (Å²) in [5, 5.41) is 3.40. The van der Waals surface area contributed by atoms with Gasteiger partial charge in [-0.2, -0.15) is 0 Å². The minimum atomic E-state index is 0.277. The molecule has 0 unspecified atom stereocenters. The monoisotopic (exact) mass is 247 g/mol. The van der Waals surface area contributed by atoms with Crippen LogP contribution in [0.15, 0.2) is 29.3 Å². The Kier molecular flexibility index (Phi) is 5.20. The fraction of sp³-hybridized carbons (Fsp3) is 0.533. The van der Waals surface area contributed by atoms with Gasteiger partial charge in [0.05, 0.1) is 0 Å². The summed E-state index contributed by atoms with van der Waals surface area (Å²) < 4.78 is 0. The summed E-state index contributed by atoms with van der Waals surface area (Å²) in [5.74, 6) is 0.920. The third-order valence-electron chi connectivity index (χ3n) is 2.54. The van der Waals surface area contributed by atoms with E-state index in [1.165, 1.54) is 5.56 Å². The summed E-state index contributed by atoms with van der Waals surface area (Å²) in [6.45, 7) is 10.5. The number of hydrogen-bond acceptors (Lipinski definition) is 1. The lowest BCUT2D eigenvalue weighted by atomic mass is 10.2. The molecule has 3 heteroatoms. The van der Waals surface area contributed by atoms with Crippen molar-refractivity contribution in [1.29, 1.82) is 0 Å². The Morgan fingerprint density at radius 3 is 2.11 bits per heavy atom. The Labute approximate surface area is 111 Å². The summed E-state index contributed by atoms with van der Waals surface area (Å²) in [4.78, 5) is 6.74. The molecule has 0 aliphatic carbocycles. The van der Waals surface area contributed by atoms with Crippen molar-refractivity contribution in [3.8, 4) is 0 Å². The van der Waals surface area contributed by atoms with Gasteiger partial charge < -0.3 is 10.2 Å². The molecule has 18 heavy (non-hydrogen) atoms. The SMILES string of the molecule is Cc1ccc(N(C)C(=NC(C)C)NC(C)C)cc1.